The van der Waals surface area contributed by atoms with Gasteiger partial charge in [-0.3, -0.25) is 4.90 Å². The molecular weight excluding hydrogens is 254 g/mol. The van der Waals surface area contributed by atoms with Crippen molar-refractivity contribution >= 4 is 10.0 Å². The van der Waals surface area contributed by atoms with E-state index in [4.69, 9.17) is 0 Å². The maximum Gasteiger partial charge on any atom is 0.257 e. The number of nitrogens with zero attached hydrogens (tertiary/aromatic N) is 3. The van der Waals surface area contributed by atoms with E-state index in [1.54, 1.807) is 0 Å². The summed E-state index contributed by atoms with van der Waals surface area (Å²) in [6.07, 6.45) is 2.66. The van der Waals surface area contributed by atoms with E-state index in [2.05, 4.69) is 24.5 Å². The van der Waals surface area contributed by atoms with Gasteiger partial charge in [0.1, 0.15) is 0 Å². The molecule has 1 atom stereocenters. The van der Waals surface area contributed by atoms with Crippen molar-refractivity contribution in [3.8, 4) is 0 Å². The average Bonchev–Trinajstić information content (AvgIpc) is 2.85. The van der Waals surface area contributed by atoms with Crippen molar-refractivity contribution in [3.05, 3.63) is 12.5 Å². The lowest BCUT2D eigenvalue weighted by molar-refractivity contribution is 0.117. The summed E-state index contributed by atoms with van der Waals surface area (Å²) >= 11 is 0. The molecule has 18 heavy (non-hydrogen) atoms. The Morgan fingerprint density at radius 1 is 1.50 bits per heavy atom. The predicted octanol–water partition coefficient (Wildman–Crippen LogP) is -1.07. The molecule has 7 nitrogen and oxygen atoms in total. The van der Waals surface area contributed by atoms with Gasteiger partial charge < -0.3 is 9.88 Å². The molecule has 1 aliphatic rings. The van der Waals surface area contributed by atoms with Crippen molar-refractivity contribution in [2.24, 2.45) is 0 Å². The van der Waals surface area contributed by atoms with Crippen LogP contribution in [0, 0.1) is 0 Å². The number of imidazole rings is 1. The van der Waals surface area contributed by atoms with Gasteiger partial charge in [-0.05, 0) is 14.1 Å². The van der Waals surface area contributed by atoms with Crippen LogP contribution in [0.15, 0.2) is 17.6 Å². The Kier molecular flexibility index (Phi) is 4.00. The van der Waals surface area contributed by atoms with Crippen LogP contribution < -0.4 is 4.72 Å². The molecule has 2 rings (SSSR count). The molecule has 1 saturated heterocycles. The first kappa shape index (κ1) is 13.5. The van der Waals surface area contributed by atoms with E-state index >= 15 is 0 Å². The standard InChI is InChI=1S/C10H19N5O2S/c1-14-3-4-15(2)9(7-14)5-13-18(16,17)10-6-11-8-12-10/h6,8-9,13H,3-5,7H2,1-2H3,(H,11,12). The molecular formula is C10H19N5O2S. The SMILES string of the molecule is CN1CCN(C)C(CNS(=O)(=O)c2cnc[nH]2)C1. The molecule has 2 heterocycles. The second-order valence-corrected chi connectivity index (χ2v) is 6.40. The second-order valence-electron chi connectivity index (χ2n) is 4.66. The third kappa shape index (κ3) is 3.08. The van der Waals surface area contributed by atoms with E-state index in [1.165, 1.54) is 12.5 Å². The van der Waals surface area contributed by atoms with Crippen LogP contribution in [0.2, 0.25) is 0 Å². The summed E-state index contributed by atoms with van der Waals surface area (Å²) in [4.78, 5) is 10.7. The Balaban J connectivity index is 1.95. The van der Waals surface area contributed by atoms with Crippen molar-refractivity contribution in [1.29, 1.82) is 0 Å². The van der Waals surface area contributed by atoms with Crippen LogP contribution in [0.25, 0.3) is 0 Å². The van der Waals surface area contributed by atoms with Crippen molar-refractivity contribution in [3.63, 3.8) is 0 Å². The number of hydrogen-bond donors (Lipinski definition) is 2. The van der Waals surface area contributed by atoms with Gasteiger partial charge in [0.25, 0.3) is 10.0 Å². The molecule has 0 spiro atoms. The van der Waals surface area contributed by atoms with Crippen LogP contribution in [-0.2, 0) is 10.0 Å². The largest absolute Gasteiger partial charge is 0.335 e. The van der Waals surface area contributed by atoms with Crippen molar-refractivity contribution < 1.29 is 8.42 Å². The van der Waals surface area contributed by atoms with Crippen LogP contribution in [0.1, 0.15) is 0 Å². The predicted molar refractivity (Wildman–Crippen MR) is 67.7 cm³/mol. The van der Waals surface area contributed by atoms with E-state index in [-0.39, 0.29) is 11.1 Å². The molecule has 0 radical (unpaired) electrons. The lowest BCUT2D eigenvalue weighted by atomic mass is 10.2. The smallest absolute Gasteiger partial charge is 0.257 e. The van der Waals surface area contributed by atoms with E-state index in [1.807, 2.05) is 14.1 Å². The summed E-state index contributed by atoms with van der Waals surface area (Å²) in [6.45, 7) is 3.23. The highest BCUT2D eigenvalue weighted by atomic mass is 32.2. The normalized spacial score (nSPS) is 23.3. The van der Waals surface area contributed by atoms with Crippen LogP contribution in [0.4, 0.5) is 0 Å². The van der Waals surface area contributed by atoms with Gasteiger partial charge in [-0.1, -0.05) is 0 Å². The summed E-state index contributed by atoms with van der Waals surface area (Å²) in [5.41, 5.74) is 0. The van der Waals surface area contributed by atoms with Gasteiger partial charge in [0.2, 0.25) is 0 Å². The summed E-state index contributed by atoms with van der Waals surface area (Å²) < 4.78 is 26.4. The number of hydrogen-bond acceptors (Lipinski definition) is 5. The molecule has 1 aromatic rings. The summed E-state index contributed by atoms with van der Waals surface area (Å²) in [5, 5.41) is 0.106. The Morgan fingerprint density at radius 3 is 2.94 bits per heavy atom. The molecule has 0 amide bonds. The minimum Gasteiger partial charge on any atom is -0.335 e. The first-order valence-electron chi connectivity index (χ1n) is 5.86. The molecule has 1 aliphatic heterocycles. The average molecular weight is 273 g/mol. The van der Waals surface area contributed by atoms with Gasteiger partial charge in [0, 0.05) is 32.2 Å². The fourth-order valence-electron chi connectivity index (χ4n) is 2.00. The zero-order valence-corrected chi connectivity index (χ0v) is 11.4. The van der Waals surface area contributed by atoms with Gasteiger partial charge in [-0.2, -0.15) is 0 Å². The maximum absolute atomic E-state index is 11.9. The van der Waals surface area contributed by atoms with Crippen LogP contribution >= 0.6 is 0 Å². The quantitative estimate of drug-likeness (QED) is 0.730. The van der Waals surface area contributed by atoms with Crippen LogP contribution in [0.5, 0.6) is 0 Å². The second kappa shape index (κ2) is 5.35. The Morgan fingerprint density at radius 2 is 2.28 bits per heavy atom. The lowest BCUT2D eigenvalue weighted by Crippen LogP contribution is -2.54. The molecule has 2 N–H and O–H groups in total. The fourth-order valence-corrected chi connectivity index (χ4v) is 2.97. The maximum atomic E-state index is 11.9. The molecule has 0 bridgehead atoms. The number of H-pyrrole nitrogens is 1. The van der Waals surface area contributed by atoms with Gasteiger partial charge in [-0.25, -0.2) is 18.1 Å². The highest BCUT2D eigenvalue weighted by Crippen LogP contribution is 2.07. The number of sulfonamides is 1. The van der Waals surface area contributed by atoms with Crippen molar-refractivity contribution in [2.45, 2.75) is 11.1 Å². The van der Waals surface area contributed by atoms with Gasteiger partial charge >= 0.3 is 0 Å². The molecule has 1 fully saturated rings. The molecule has 8 heteroatoms. The molecule has 1 unspecified atom stereocenters. The van der Waals surface area contributed by atoms with Crippen molar-refractivity contribution in [1.82, 2.24) is 24.5 Å². The number of aromatic nitrogens is 2. The highest BCUT2D eigenvalue weighted by molar-refractivity contribution is 7.89. The Hall–Kier alpha value is -0.960. The number of piperazine rings is 1. The van der Waals surface area contributed by atoms with Crippen LogP contribution in [-0.4, -0.2) is 74.5 Å². The number of rotatable bonds is 4. The topological polar surface area (TPSA) is 81.3 Å². The zero-order valence-electron chi connectivity index (χ0n) is 10.6. The number of likely N-dealkylation sites (N-methyl/N-ethyl adjacent to an activating group) is 2. The monoisotopic (exact) mass is 273 g/mol. The van der Waals surface area contributed by atoms with Gasteiger partial charge in [0.05, 0.1) is 12.5 Å². The lowest BCUT2D eigenvalue weighted by Gasteiger charge is -2.37. The third-order valence-electron chi connectivity index (χ3n) is 3.25. The fraction of sp³-hybridized carbons (Fsp3) is 0.700. The number of nitrogens with one attached hydrogen (secondary N) is 2. The van der Waals surface area contributed by atoms with Gasteiger partial charge in [-0.15, -0.1) is 0 Å². The first-order valence-corrected chi connectivity index (χ1v) is 7.34. The van der Waals surface area contributed by atoms with Crippen molar-refractivity contribution in [2.75, 3.05) is 40.3 Å². The van der Waals surface area contributed by atoms with E-state index in [9.17, 15) is 8.42 Å². The molecule has 0 aliphatic carbocycles. The van der Waals surface area contributed by atoms with E-state index in [0.717, 1.165) is 19.6 Å². The molecule has 102 valence electrons. The van der Waals surface area contributed by atoms with Gasteiger partial charge in [0.15, 0.2) is 5.03 Å². The molecule has 0 saturated carbocycles. The Bertz CT molecular complexity index is 472. The Labute approximate surface area is 107 Å². The molecule has 1 aromatic heterocycles. The number of aromatic amines is 1. The summed E-state index contributed by atoms with van der Waals surface area (Å²) in [6, 6.07) is 0.196. The van der Waals surface area contributed by atoms with Crippen LogP contribution in [0.3, 0.4) is 0 Å². The first-order chi connectivity index (χ1) is 8.49. The zero-order chi connectivity index (χ0) is 13.2. The molecule has 0 aromatic carbocycles. The third-order valence-corrected chi connectivity index (χ3v) is 4.60. The minimum absolute atomic E-state index is 0.106. The van der Waals surface area contributed by atoms with E-state index < -0.39 is 10.0 Å². The summed E-state index contributed by atoms with van der Waals surface area (Å²) in [7, 11) is 0.591. The summed E-state index contributed by atoms with van der Waals surface area (Å²) in [5.74, 6) is 0. The highest BCUT2D eigenvalue weighted by Gasteiger charge is 2.24. The van der Waals surface area contributed by atoms with E-state index in [0.29, 0.717) is 6.54 Å². The minimum atomic E-state index is -3.47.